The standard InChI is InChI=1S/C17H18N2O2S/c1-12-7-8-22-16(12)17(21)18-14-9-15(20)19(11-14)10-13-5-3-2-4-6-13/h2-8,14H,9-11H2,1H3,(H,18,21)/t14-/m1/s1. The van der Waals surface area contributed by atoms with E-state index < -0.39 is 0 Å². The summed E-state index contributed by atoms with van der Waals surface area (Å²) < 4.78 is 0. The molecule has 1 aromatic carbocycles. The highest BCUT2D eigenvalue weighted by molar-refractivity contribution is 7.12. The number of nitrogens with one attached hydrogen (secondary N) is 1. The fourth-order valence-electron chi connectivity index (χ4n) is 2.68. The molecular weight excluding hydrogens is 296 g/mol. The molecule has 1 saturated heterocycles. The molecule has 22 heavy (non-hydrogen) atoms. The van der Waals surface area contributed by atoms with Gasteiger partial charge in [-0.1, -0.05) is 30.3 Å². The summed E-state index contributed by atoms with van der Waals surface area (Å²) in [6.07, 6.45) is 0.378. The lowest BCUT2D eigenvalue weighted by molar-refractivity contribution is -0.128. The molecule has 114 valence electrons. The van der Waals surface area contributed by atoms with Gasteiger partial charge in [0.2, 0.25) is 5.91 Å². The molecule has 0 saturated carbocycles. The van der Waals surface area contributed by atoms with Crippen LogP contribution < -0.4 is 5.32 Å². The molecule has 5 heteroatoms. The summed E-state index contributed by atoms with van der Waals surface area (Å²) in [7, 11) is 0. The number of nitrogens with zero attached hydrogens (tertiary/aromatic N) is 1. The van der Waals surface area contributed by atoms with Gasteiger partial charge in [0.25, 0.3) is 5.91 Å². The Morgan fingerprint density at radius 2 is 2.09 bits per heavy atom. The number of thiophene rings is 1. The molecule has 1 aliphatic heterocycles. The molecule has 1 atom stereocenters. The number of amides is 2. The molecule has 0 spiro atoms. The average molecular weight is 314 g/mol. The summed E-state index contributed by atoms with van der Waals surface area (Å²) in [5.74, 6) is 0.0175. The molecule has 1 aromatic heterocycles. The Kier molecular flexibility index (Phi) is 4.24. The molecule has 4 nitrogen and oxygen atoms in total. The highest BCUT2D eigenvalue weighted by atomic mass is 32.1. The van der Waals surface area contributed by atoms with E-state index in [1.807, 2.05) is 53.6 Å². The van der Waals surface area contributed by atoms with Crippen LogP contribution in [0.15, 0.2) is 41.8 Å². The van der Waals surface area contributed by atoms with Gasteiger partial charge >= 0.3 is 0 Å². The van der Waals surface area contributed by atoms with Gasteiger partial charge in [-0.3, -0.25) is 9.59 Å². The largest absolute Gasteiger partial charge is 0.346 e. The van der Waals surface area contributed by atoms with Crippen molar-refractivity contribution >= 4 is 23.2 Å². The van der Waals surface area contributed by atoms with Crippen molar-refractivity contribution in [2.45, 2.75) is 25.9 Å². The lowest BCUT2D eigenvalue weighted by Gasteiger charge is -2.17. The molecule has 0 unspecified atom stereocenters. The van der Waals surface area contributed by atoms with E-state index >= 15 is 0 Å². The van der Waals surface area contributed by atoms with Crippen LogP contribution in [-0.4, -0.2) is 29.3 Å². The van der Waals surface area contributed by atoms with Gasteiger partial charge in [0, 0.05) is 19.5 Å². The Hall–Kier alpha value is -2.14. The third-order valence-electron chi connectivity index (χ3n) is 3.83. The Morgan fingerprint density at radius 3 is 2.77 bits per heavy atom. The Morgan fingerprint density at radius 1 is 1.32 bits per heavy atom. The van der Waals surface area contributed by atoms with Crippen molar-refractivity contribution in [3.8, 4) is 0 Å². The van der Waals surface area contributed by atoms with E-state index in [0.29, 0.717) is 19.5 Å². The van der Waals surface area contributed by atoms with Gasteiger partial charge in [0.15, 0.2) is 0 Å². The molecule has 0 aliphatic carbocycles. The van der Waals surface area contributed by atoms with Crippen LogP contribution >= 0.6 is 11.3 Å². The van der Waals surface area contributed by atoms with E-state index in [0.717, 1.165) is 16.0 Å². The van der Waals surface area contributed by atoms with E-state index in [2.05, 4.69) is 5.32 Å². The first-order valence-electron chi connectivity index (χ1n) is 7.30. The maximum atomic E-state index is 12.2. The third-order valence-corrected chi connectivity index (χ3v) is 4.85. The van der Waals surface area contributed by atoms with E-state index in [9.17, 15) is 9.59 Å². The summed E-state index contributed by atoms with van der Waals surface area (Å²) in [5, 5.41) is 4.89. The monoisotopic (exact) mass is 314 g/mol. The summed E-state index contributed by atoms with van der Waals surface area (Å²) in [5.41, 5.74) is 2.09. The van der Waals surface area contributed by atoms with Crippen LogP contribution in [0.2, 0.25) is 0 Å². The highest BCUT2D eigenvalue weighted by Gasteiger charge is 2.31. The molecule has 0 radical (unpaired) electrons. The zero-order chi connectivity index (χ0) is 15.5. The zero-order valence-electron chi connectivity index (χ0n) is 12.4. The van der Waals surface area contributed by atoms with E-state index in [1.165, 1.54) is 11.3 Å². The Bertz CT molecular complexity index is 681. The fraction of sp³-hybridized carbons (Fsp3) is 0.294. The number of benzene rings is 1. The van der Waals surface area contributed by atoms with Crippen LogP contribution in [0.4, 0.5) is 0 Å². The Balaban J connectivity index is 1.60. The predicted molar refractivity (Wildman–Crippen MR) is 86.8 cm³/mol. The summed E-state index contributed by atoms with van der Waals surface area (Å²) in [6, 6.07) is 11.7. The second-order valence-corrected chi connectivity index (χ2v) is 6.48. The van der Waals surface area contributed by atoms with Gasteiger partial charge in [0.1, 0.15) is 0 Å². The van der Waals surface area contributed by atoms with E-state index in [1.54, 1.807) is 0 Å². The van der Waals surface area contributed by atoms with Crippen LogP contribution in [0.1, 0.15) is 27.2 Å². The van der Waals surface area contributed by atoms with Gasteiger partial charge in [-0.2, -0.15) is 0 Å². The highest BCUT2D eigenvalue weighted by Crippen LogP contribution is 2.18. The molecule has 0 bridgehead atoms. The lowest BCUT2D eigenvalue weighted by Crippen LogP contribution is -2.36. The van der Waals surface area contributed by atoms with Crippen molar-refractivity contribution in [1.29, 1.82) is 0 Å². The summed E-state index contributed by atoms with van der Waals surface area (Å²) in [6.45, 7) is 3.10. The molecule has 2 amide bonds. The van der Waals surface area contributed by atoms with Gasteiger partial charge in [-0.25, -0.2) is 0 Å². The molecule has 3 rings (SSSR count). The number of rotatable bonds is 4. The van der Waals surface area contributed by atoms with Crippen molar-refractivity contribution in [3.63, 3.8) is 0 Å². The molecule has 2 heterocycles. The van der Waals surface area contributed by atoms with Gasteiger partial charge in [-0.05, 0) is 29.5 Å². The molecular formula is C17H18N2O2S. The van der Waals surface area contributed by atoms with Crippen LogP contribution in [0, 0.1) is 6.92 Å². The Labute approximate surface area is 133 Å². The topological polar surface area (TPSA) is 49.4 Å². The minimum absolute atomic E-state index is 0.0770. The summed E-state index contributed by atoms with van der Waals surface area (Å²) >= 11 is 1.43. The SMILES string of the molecule is Cc1ccsc1C(=O)N[C@@H]1CC(=O)N(Cc2ccccc2)C1. The normalized spacial score (nSPS) is 17.8. The molecule has 1 fully saturated rings. The zero-order valence-corrected chi connectivity index (χ0v) is 13.2. The molecule has 2 aromatic rings. The van der Waals surface area contributed by atoms with Crippen molar-refractivity contribution in [2.75, 3.05) is 6.54 Å². The number of likely N-dealkylation sites (tertiary alicyclic amines) is 1. The maximum absolute atomic E-state index is 12.2. The predicted octanol–water partition coefficient (Wildman–Crippen LogP) is 2.59. The minimum Gasteiger partial charge on any atom is -0.346 e. The number of hydrogen-bond donors (Lipinski definition) is 1. The number of carbonyl (C=O) groups excluding carboxylic acids is 2. The van der Waals surface area contributed by atoms with E-state index in [4.69, 9.17) is 0 Å². The second kappa shape index (κ2) is 6.32. The second-order valence-electron chi connectivity index (χ2n) is 5.57. The van der Waals surface area contributed by atoms with Gasteiger partial charge in [0.05, 0.1) is 10.9 Å². The third kappa shape index (κ3) is 3.20. The lowest BCUT2D eigenvalue weighted by atomic mass is 10.2. The first kappa shape index (κ1) is 14.8. The smallest absolute Gasteiger partial charge is 0.261 e. The van der Waals surface area contributed by atoms with Crippen molar-refractivity contribution < 1.29 is 9.59 Å². The number of aryl methyl sites for hydroxylation is 1. The first-order chi connectivity index (χ1) is 10.6. The van der Waals surface area contributed by atoms with Crippen molar-refractivity contribution in [1.82, 2.24) is 10.2 Å². The first-order valence-corrected chi connectivity index (χ1v) is 8.18. The number of hydrogen-bond acceptors (Lipinski definition) is 3. The average Bonchev–Trinajstić information content (AvgIpc) is 3.07. The summed E-state index contributed by atoms with van der Waals surface area (Å²) in [4.78, 5) is 26.9. The molecule has 1 N–H and O–H groups in total. The van der Waals surface area contributed by atoms with Crippen LogP contribution in [-0.2, 0) is 11.3 Å². The maximum Gasteiger partial charge on any atom is 0.261 e. The fourth-order valence-corrected chi connectivity index (χ4v) is 3.51. The quantitative estimate of drug-likeness (QED) is 0.943. The number of carbonyl (C=O) groups is 2. The van der Waals surface area contributed by atoms with Gasteiger partial charge < -0.3 is 10.2 Å². The van der Waals surface area contributed by atoms with Crippen molar-refractivity contribution in [3.05, 3.63) is 57.8 Å². The van der Waals surface area contributed by atoms with Crippen molar-refractivity contribution in [2.24, 2.45) is 0 Å². The molecule has 1 aliphatic rings. The minimum atomic E-state index is -0.106. The van der Waals surface area contributed by atoms with Crippen LogP contribution in [0.3, 0.4) is 0 Å². The van der Waals surface area contributed by atoms with Crippen LogP contribution in [0.5, 0.6) is 0 Å². The van der Waals surface area contributed by atoms with Gasteiger partial charge in [-0.15, -0.1) is 11.3 Å². The van der Waals surface area contributed by atoms with Crippen LogP contribution in [0.25, 0.3) is 0 Å². The van der Waals surface area contributed by atoms with E-state index in [-0.39, 0.29) is 17.9 Å².